The molecule has 0 atom stereocenters. The molecule has 0 unspecified atom stereocenters. The number of hydrogen-bond acceptors (Lipinski definition) is 1. The minimum Gasteiger partial charge on any atom is -0.311 e. The zero-order valence-electron chi connectivity index (χ0n) is 44.0. The van der Waals surface area contributed by atoms with Crippen molar-refractivity contribution in [1.29, 1.82) is 0 Å². The van der Waals surface area contributed by atoms with Crippen LogP contribution in [-0.4, -0.2) is 4.57 Å². The number of aryl methyl sites for hydroxylation is 2. The average molecular weight is 975 g/mol. The third kappa shape index (κ3) is 7.30. The van der Waals surface area contributed by atoms with E-state index in [9.17, 15) is 0 Å². The highest BCUT2D eigenvalue weighted by atomic mass is 15.1. The summed E-state index contributed by atoms with van der Waals surface area (Å²) in [4.78, 5) is 2.37. The number of fused-ring (bicyclic) bond motifs is 9. The number of rotatable bonds is 8. The molecule has 364 valence electrons. The highest BCUT2D eigenvalue weighted by Crippen LogP contribution is 2.52. The molecule has 12 aromatic rings. The number of para-hydroxylation sites is 1. The quantitative estimate of drug-likeness (QED) is 0.147. The first kappa shape index (κ1) is 45.6. The van der Waals surface area contributed by atoms with Gasteiger partial charge < -0.3 is 9.47 Å². The van der Waals surface area contributed by atoms with Gasteiger partial charge >= 0.3 is 0 Å². The Labute approximate surface area is 446 Å². The molecule has 2 aliphatic carbocycles. The van der Waals surface area contributed by atoms with Crippen molar-refractivity contribution in [3.05, 3.63) is 276 Å². The molecule has 0 saturated carbocycles. The van der Waals surface area contributed by atoms with Gasteiger partial charge in [0.1, 0.15) is 0 Å². The Hall–Kier alpha value is -8.98. The summed E-state index contributed by atoms with van der Waals surface area (Å²) >= 11 is 0. The van der Waals surface area contributed by atoms with Crippen molar-refractivity contribution in [3.8, 4) is 72.4 Å². The minimum atomic E-state index is -0.0511. The lowest BCUT2D eigenvalue weighted by Crippen LogP contribution is -2.15. The number of benzene rings is 11. The smallest absolute Gasteiger partial charge is 0.0541 e. The largest absolute Gasteiger partial charge is 0.311 e. The first-order valence-corrected chi connectivity index (χ1v) is 26.8. The van der Waals surface area contributed by atoms with E-state index in [4.69, 9.17) is 0 Å². The van der Waals surface area contributed by atoms with Crippen LogP contribution in [0, 0.1) is 13.8 Å². The summed E-state index contributed by atoms with van der Waals surface area (Å²) in [5.41, 5.74) is 30.0. The molecule has 11 aromatic carbocycles. The van der Waals surface area contributed by atoms with E-state index in [1.807, 2.05) is 0 Å². The van der Waals surface area contributed by atoms with Crippen LogP contribution in [0.2, 0.25) is 0 Å². The molecule has 0 fully saturated rings. The maximum atomic E-state index is 2.43. The van der Waals surface area contributed by atoms with Crippen LogP contribution in [0.15, 0.2) is 243 Å². The predicted octanol–water partition coefficient (Wildman–Crippen LogP) is 20.2. The van der Waals surface area contributed by atoms with E-state index < -0.39 is 0 Å². The number of hydrogen-bond donors (Lipinski definition) is 0. The highest BCUT2D eigenvalue weighted by Gasteiger charge is 2.37. The average Bonchev–Trinajstić information content (AvgIpc) is 4.09. The Kier molecular flexibility index (Phi) is 10.4. The molecule has 2 heteroatoms. The zero-order chi connectivity index (χ0) is 51.5. The van der Waals surface area contributed by atoms with Crippen LogP contribution >= 0.6 is 0 Å². The molecule has 0 amide bonds. The van der Waals surface area contributed by atoms with Gasteiger partial charge in [0.15, 0.2) is 0 Å². The summed E-state index contributed by atoms with van der Waals surface area (Å²) in [5.74, 6) is 0. The summed E-state index contributed by atoms with van der Waals surface area (Å²) in [5, 5.41) is 2.47. The monoisotopic (exact) mass is 974 g/mol. The fourth-order valence-corrected chi connectivity index (χ4v) is 12.8. The lowest BCUT2D eigenvalue weighted by atomic mass is 9.81. The third-order valence-corrected chi connectivity index (χ3v) is 16.9. The highest BCUT2D eigenvalue weighted by molar-refractivity contribution is 6.10. The molecule has 0 spiro atoms. The molecule has 0 radical (unpaired) electrons. The van der Waals surface area contributed by atoms with E-state index in [1.54, 1.807) is 0 Å². The molecule has 2 nitrogen and oxygen atoms in total. The van der Waals surface area contributed by atoms with E-state index >= 15 is 0 Å². The fraction of sp³-hybridized carbons (Fsp3) is 0.108. The van der Waals surface area contributed by atoms with E-state index in [1.165, 1.54) is 122 Å². The molecular weight excluding hydrogens is 917 g/mol. The van der Waals surface area contributed by atoms with Gasteiger partial charge in [0, 0.05) is 44.4 Å². The van der Waals surface area contributed by atoms with E-state index in [0.29, 0.717) is 0 Å². The van der Waals surface area contributed by atoms with Crippen LogP contribution in [0.3, 0.4) is 0 Å². The van der Waals surface area contributed by atoms with E-state index in [0.717, 1.165) is 22.7 Å². The lowest BCUT2D eigenvalue weighted by molar-refractivity contribution is 0.660. The molecule has 0 bridgehead atoms. The fourth-order valence-electron chi connectivity index (χ4n) is 12.8. The Morgan fingerprint density at radius 2 is 0.724 bits per heavy atom. The predicted molar refractivity (Wildman–Crippen MR) is 322 cm³/mol. The topological polar surface area (TPSA) is 8.17 Å². The summed E-state index contributed by atoms with van der Waals surface area (Å²) in [7, 11) is 0. The van der Waals surface area contributed by atoms with Crippen LogP contribution in [0.1, 0.15) is 61.1 Å². The normalized spacial score (nSPS) is 13.6. The van der Waals surface area contributed by atoms with Crippen LogP contribution in [-0.2, 0) is 10.8 Å². The Morgan fingerprint density at radius 1 is 0.289 bits per heavy atom. The summed E-state index contributed by atoms with van der Waals surface area (Å²) in [6.45, 7) is 13.8. The zero-order valence-corrected chi connectivity index (χ0v) is 44.0. The maximum absolute atomic E-state index is 2.43. The van der Waals surface area contributed by atoms with E-state index in [2.05, 4.69) is 294 Å². The van der Waals surface area contributed by atoms with Crippen LogP contribution < -0.4 is 4.90 Å². The third-order valence-electron chi connectivity index (χ3n) is 16.9. The summed E-state index contributed by atoms with van der Waals surface area (Å²) in [6, 6.07) is 90.8. The van der Waals surface area contributed by atoms with Gasteiger partial charge in [-0.25, -0.2) is 0 Å². The second-order valence-electron chi connectivity index (χ2n) is 22.3. The lowest BCUT2D eigenvalue weighted by Gasteiger charge is -2.26. The van der Waals surface area contributed by atoms with Gasteiger partial charge in [0.2, 0.25) is 0 Å². The Bertz CT molecular complexity index is 4280. The van der Waals surface area contributed by atoms with Crippen molar-refractivity contribution in [2.24, 2.45) is 0 Å². The maximum Gasteiger partial charge on any atom is 0.0541 e. The molecule has 14 rings (SSSR count). The van der Waals surface area contributed by atoms with Crippen molar-refractivity contribution in [2.45, 2.75) is 52.4 Å². The summed E-state index contributed by atoms with van der Waals surface area (Å²) in [6.07, 6.45) is 0. The van der Waals surface area contributed by atoms with Crippen LogP contribution in [0.25, 0.3) is 94.3 Å². The Morgan fingerprint density at radius 3 is 1.38 bits per heavy atom. The Balaban J connectivity index is 0.768. The van der Waals surface area contributed by atoms with Crippen molar-refractivity contribution in [1.82, 2.24) is 4.57 Å². The minimum absolute atomic E-state index is 0.0446. The molecule has 1 aromatic heterocycles. The molecule has 0 saturated heterocycles. The van der Waals surface area contributed by atoms with Crippen LogP contribution in [0.5, 0.6) is 0 Å². The molecule has 1 heterocycles. The van der Waals surface area contributed by atoms with Crippen LogP contribution in [0.4, 0.5) is 17.1 Å². The van der Waals surface area contributed by atoms with Crippen molar-refractivity contribution in [3.63, 3.8) is 0 Å². The first-order valence-electron chi connectivity index (χ1n) is 26.8. The number of aromatic nitrogens is 1. The molecule has 0 aliphatic heterocycles. The standard InChI is InChI=1S/C74H58N2/c1-47-21-31-57(32-22-47)75(59-35-26-50(27-36-59)55-28-38-64-62-37-23-48(2)41-68(62)74(5,6)70(64)45-55)58-33-24-49(25-34-58)54-30-40-72-66(44-54)65-18-8-10-20-71(65)76(72)60-16-12-15-53(43-60)51-13-11-14-52(42-51)56-29-39-63-61-17-7-9-19-67(61)73(3,4)69(63)46-56/h7-46H,1-6H3. The van der Waals surface area contributed by atoms with E-state index in [-0.39, 0.29) is 10.8 Å². The molecule has 0 N–H and O–H groups in total. The SMILES string of the molecule is Cc1ccc(N(c2ccc(-c3ccc4c(c3)C(C)(C)c3cc(C)ccc3-4)cc2)c2ccc(-c3ccc4c(c3)c3ccccc3n4-c3cccc(-c4cccc(-c5ccc6c(c5)C(C)(C)c5ccccc5-6)c4)c3)cc2)cc1. The van der Waals surface area contributed by atoms with Crippen molar-refractivity contribution >= 4 is 38.9 Å². The van der Waals surface area contributed by atoms with Gasteiger partial charge in [0.25, 0.3) is 0 Å². The number of anilines is 3. The second kappa shape index (κ2) is 17.3. The van der Waals surface area contributed by atoms with Gasteiger partial charge in [0.05, 0.1) is 11.0 Å². The van der Waals surface area contributed by atoms with Gasteiger partial charge in [-0.2, -0.15) is 0 Å². The molecule has 2 aliphatic rings. The van der Waals surface area contributed by atoms with Gasteiger partial charge in [-0.1, -0.05) is 197 Å². The molecule has 76 heavy (non-hydrogen) atoms. The van der Waals surface area contributed by atoms with Crippen molar-refractivity contribution < 1.29 is 0 Å². The number of nitrogens with zero attached hydrogens (tertiary/aromatic N) is 2. The summed E-state index contributed by atoms with van der Waals surface area (Å²) < 4.78 is 2.43. The second-order valence-corrected chi connectivity index (χ2v) is 22.3. The van der Waals surface area contributed by atoms with Gasteiger partial charge in [-0.05, 0) is 188 Å². The van der Waals surface area contributed by atoms with Gasteiger partial charge in [-0.3, -0.25) is 0 Å². The van der Waals surface area contributed by atoms with Crippen molar-refractivity contribution in [2.75, 3.05) is 4.90 Å². The first-order chi connectivity index (χ1) is 37.0. The molecular formula is C74H58N2. The van der Waals surface area contributed by atoms with Gasteiger partial charge in [-0.15, -0.1) is 0 Å².